The van der Waals surface area contributed by atoms with Gasteiger partial charge < -0.3 is 15.0 Å². The Kier molecular flexibility index (Phi) is 6.82. The zero-order chi connectivity index (χ0) is 23.4. The molecule has 1 heterocycles. The molecule has 0 saturated heterocycles. The van der Waals surface area contributed by atoms with Crippen molar-refractivity contribution in [3.63, 3.8) is 0 Å². The molecule has 1 aliphatic rings. The normalized spacial score (nSPS) is 13.5. The third kappa shape index (κ3) is 4.59. The number of hydrogen-bond donors (Lipinski definition) is 1. The van der Waals surface area contributed by atoms with Crippen LogP contribution >= 0.6 is 0 Å². The lowest BCUT2D eigenvalue weighted by Gasteiger charge is -2.23. The molecule has 2 aromatic carbocycles. The lowest BCUT2D eigenvalue weighted by Crippen LogP contribution is -2.44. The topological polar surface area (TPSA) is 104 Å². The van der Waals surface area contributed by atoms with Gasteiger partial charge in [-0.15, -0.1) is 0 Å². The number of benzene rings is 2. The highest BCUT2D eigenvalue weighted by Gasteiger charge is 2.42. The van der Waals surface area contributed by atoms with E-state index in [9.17, 15) is 24.0 Å². The highest BCUT2D eigenvalue weighted by molar-refractivity contribution is 6.23. The van der Waals surface area contributed by atoms with Crippen LogP contribution in [0.3, 0.4) is 0 Å². The van der Waals surface area contributed by atoms with E-state index >= 15 is 0 Å². The summed E-state index contributed by atoms with van der Waals surface area (Å²) in [6.07, 6.45) is 0.798. The summed E-state index contributed by atoms with van der Waals surface area (Å²) < 4.78 is 0. The summed E-state index contributed by atoms with van der Waals surface area (Å²) in [6.45, 7) is 3.31. The molecule has 1 unspecified atom stereocenters. The minimum Gasteiger partial charge on any atom is -0.323 e. The molecule has 0 aliphatic carbocycles. The van der Waals surface area contributed by atoms with E-state index in [0.717, 1.165) is 10.5 Å². The van der Waals surface area contributed by atoms with Crippen molar-refractivity contribution in [3.05, 3.63) is 64.7 Å². The van der Waals surface area contributed by atoms with Crippen LogP contribution < -0.4 is 5.32 Å². The fraction of sp³-hybridized carbons (Fsp3) is 0.292. The summed E-state index contributed by atoms with van der Waals surface area (Å²) in [7, 11) is 1.59. The number of carbonyl (C=O) groups is 5. The number of nitrogens with zero attached hydrogens (tertiary/aromatic N) is 2. The van der Waals surface area contributed by atoms with Gasteiger partial charge in [0.05, 0.1) is 17.2 Å². The van der Waals surface area contributed by atoms with E-state index < -0.39 is 17.9 Å². The number of anilines is 1. The number of rotatable bonds is 8. The van der Waals surface area contributed by atoms with Gasteiger partial charge in [0.15, 0.2) is 5.78 Å². The molecule has 8 nitrogen and oxygen atoms in total. The van der Waals surface area contributed by atoms with Crippen LogP contribution in [0.25, 0.3) is 0 Å². The number of nitrogens with one attached hydrogen (secondary N) is 1. The van der Waals surface area contributed by atoms with Gasteiger partial charge in [-0.25, -0.2) is 4.79 Å². The maximum absolute atomic E-state index is 13.2. The summed E-state index contributed by atoms with van der Waals surface area (Å²) in [4.78, 5) is 64.0. The number of urea groups is 1. The molecule has 1 aliphatic heterocycles. The Labute approximate surface area is 186 Å². The molecular weight excluding hydrogens is 410 g/mol. The quantitative estimate of drug-likeness (QED) is 0.507. The van der Waals surface area contributed by atoms with Crippen molar-refractivity contribution >= 4 is 35.6 Å². The largest absolute Gasteiger partial charge is 0.323 e. The number of ketones is 1. The summed E-state index contributed by atoms with van der Waals surface area (Å²) in [5, 5.41) is 2.80. The number of hydrogen-bond acceptors (Lipinski definition) is 5. The number of carbonyl (C=O) groups excluding carboxylic acids is 5. The number of fused-ring (bicyclic) bond motifs is 1. The first-order chi connectivity index (χ1) is 15.2. The third-order valence-electron chi connectivity index (χ3n) is 5.40. The molecule has 2 aromatic rings. The van der Waals surface area contributed by atoms with Crippen LogP contribution in [0, 0.1) is 6.92 Å². The van der Waals surface area contributed by atoms with Gasteiger partial charge in [0, 0.05) is 25.7 Å². The number of aldehydes is 1. The molecule has 0 radical (unpaired) electrons. The van der Waals surface area contributed by atoms with Gasteiger partial charge in [0.2, 0.25) is 0 Å². The SMILES string of the molecule is CC(=O)C(CCC=O)N1C(=O)c2cccc(CN(C)C(=O)Nc3cccc(C)c3)c2C1=O. The second kappa shape index (κ2) is 9.55. The van der Waals surface area contributed by atoms with Crippen molar-refractivity contribution < 1.29 is 24.0 Å². The molecule has 0 fully saturated rings. The lowest BCUT2D eigenvalue weighted by atomic mass is 10.0. The van der Waals surface area contributed by atoms with E-state index in [1.54, 1.807) is 25.2 Å². The van der Waals surface area contributed by atoms with Crippen LogP contribution in [-0.2, 0) is 16.1 Å². The van der Waals surface area contributed by atoms with E-state index in [-0.39, 0.29) is 42.3 Å². The highest BCUT2D eigenvalue weighted by Crippen LogP contribution is 2.30. The second-order valence-corrected chi connectivity index (χ2v) is 7.85. The first kappa shape index (κ1) is 22.9. The van der Waals surface area contributed by atoms with Gasteiger partial charge in [0.1, 0.15) is 6.29 Å². The van der Waals surface area contributed by atoms with E-state index in [1.807, 2.05) is 25.1 Å². The molecule has 0 aromatic heterocycles. The van der Waals surface area contributed by atoms with Crippen LogP contribution in [0.1, 0.15) is 51.6 Å². The number of aryl methyl sites for hydroxylation is 1. The van der Waals surface area contributed by atoms with Crippen LogP contribution in [0.2, 0.25) is 0 Å². The second-order valence-electron chi connectivity index (χ2n) is 7.85. The van der Waals surface area contributed by atoms with Crippen molar-refractivity contribution in [2.45, 2.75) is 39.3 Å². The molecule has 4 amide bonds. The molecular formula is C24H25N3O5. The van der Waals surface area contributed by atoms with Crippen molar-refractivity contribution in [3.8, 4) is 0 Å². The Balaban J connectivity index is 1.83. The van der Waals surface area contributed by atoms with Crippen LogP contribution in [0.5, 0.6) is 0 Å². The average molecular weight is 435 g/mol. The minimum absolute atomic E-state index is 0.0619. The van der Waals surface area contributed by atoms with Crippen molar-refractivity contribution in [2.75, 3.05) is 12.4 Å². The summed E-state index contributed by atoms with van der Waals surface area (Å²) >= 11 is 0. The van der Waals surface area contributed by atoms with Crippen LogP contribution in [0.4, 0.5) is 10.5 Å². The maximum Gasteiger partial charge on any atom is 0.321 e. The number of amides is 4. The fourth-order valence-corrected chi connectivity index (χ4v) is 3.80. The monoisotopic (exact) mass is 435 g/mol. The van der Waals surface area contributed by atoms with Crippen LogP contribution in [-0.4, -0.2) is 52.8 Å². The molecule has 0 bridgehead atoms. The summed E-state index contributed by atoms with van der Waals surface area (Å²) in [5.74, 6) is -1.51. The Hall–Kier alpha value is -3.81. The van der Waals surface area contributed by atoms with Crippen molar-refractivity contribution in [1.82, 2.24) is 9.80 Å². The van der Waals surface area contributed by atoms with E-state index in [1.165, 1.54) is 17.9 Å². The Bertz CT molecular complexity index is 1090. The number of Topliss-reactive ketones (excluding diaryl/α,β-unsaturated/α-hetero) is 1. The van der Waals surface area contributed by atoms with Crippen molar-refractivity contribution in [2.24, 2.45) is 0 Å². The highest BCUT2D eigenvalue weighted by atomic mass is 16.2. The fourth-order valence-electron chi connectivity index (χ4n) is 3.80. The molecule has 1 atom stereocenters. The predicted molar refractivity (Wildman–Crippen MR) is 118 cm³/mol. The Morgan fingerprint density at radius 1 is 1.12 bits per heavy atom. The van der Waals surface area contributed by atoms with Gasteiger partial charge in [-0.05, 0) is 49.6 Å². The van der Waals surface area contributed by atoms with E-state index in [2.05, 4.69) is 5.32 Å². The van der Waals surface area contributed by atoms with Gasteiger partial charge in [-0.1, -0.05) is 24.3 Å². The molecule has 3 rings (SSSR count). The van der Waals surface area contributed by atoms with Crippen molar-refractivity contribution in [1.29, 1.82) is 0 Å². The predicted octanol–water partition coefficient (Wildman–Crippen LogP) is 3.19. The zero-order valence-electron chi connectivity index (χ0n) is 18.3. The lowest BCUT2D eigenvalue weighted by molar-refractivity contribution is -0.121. The van der Waals surface area contributed by atoms with Crippen LogP contribution in [0.15, 0.2) is 42.5 Å². The zero-order valence-corrected chi connectivity index (χ0v) is 18.3. The van der Waals surface area contributed by atoms with Gasteiger partial charge >= 0.3 is 6.03 Å². The van der Waals surface area contributed by atoms with E-state index in [4.69, 9.17) is 0 Å². The molecule has 1 N–H and O–H groups in total. The summed E-state index contributed by atoms with van der Waals surface area (Å²) in [5.41, 5.74) is 2.53. The minimum atomic E-state index is -0.997. The smallest absolute Gasteiger partial charge is 0.321 e. The molecule has 0 spiro atoms. The van der Waals surface area contributed by atoms with Gasteiger partial charge in [-0.2, -0.15) is 0 Å². The third-order valence-corrected chi connectivity index (χ3v) is 5.40. The standard InChI is InChI=1S/C24H25N3O5/c1-15-7-4-9-18(13-15)25-24(32)26(3)14-17-8-5-10-19-21(17)23(31)27(22(19)30)20(16(2)29)11-6-12-28/h4-5,7-10,12-13,20H,6,11,14H2,1-3H3,(H,25,32). The maximum atomic E-state index is 13.2. The molecule has 32 heavy (non-hydrogen) atoms. The van der Waals surface area contributed by atoms with Gasteiger partial charge in [-0.3, -0.25) is 19.3 Å². The average Bonchev–Trinajstić information content (AvgIpc) is 2.99. The number of imide groups is 1. The molecule has 166 valence electrons. The van der Waals surface area contributed by atoms with Gasteiger partial charge in [0.25, 0.3) is 11.8 Å². The van der Waals surface area contributed by atoms with E-state index in [0.29, 0.717) is 17.5 Å². The first-order valence-electron chi connectivity index (χ1n) is 10.3. The Morgan fingerprint density at radius 2 is 1.84 bits per heavy atom. The summed E-state index contributed by atoms with van der Waals surface area (Å²) in [6, 6.07) is 10.9. The molecule has 0 saturated carbocycles. The first-order valence-corrected chi connectivity index (χ1v) is 10.3. The Morgan fingerprint density at radius 3 is 2.50 bits per heavy atom. The molecule has 8 heteroatoms.